The highest BCUT2D eigenvalue weighted by atomic mass is 16.5. The van der Waals surface area contributed by atoms with Crippen LogP contribution in [0.2, 0.25) is 0 Å². The van der Waals surface area contributed by atoms with E-state index in [1.807, 2.05) is 0 Å². The molecule has 0 spiro atoms. The van der Waals surface area contributed by atoms with Crippen LogP contribution in [0, 0.1) is 5.92 Å². The Morgan fingerprint density at radius 3 is 3.00 bits per heavy atom. The second-order valence-electron chi connectivity index (χ2n) is 6.38. The van der Waals surface area contributed by atoms with Crippen molar-refractivity contribution in [3.63, 3.8) is 0 Å². The van der Waals surface area contributed by atoms with Crippen molar-refractivity contribution >= 4 is 0 Å². The minimum absolute atomic E-state index is 0.294. The van der Waals surface area contributed by atoms with Gasteiger partial charge < -0.3 is 10.5 Å². The highest BCUT2D eigenvalue weighted by molar-refractivity contribution is 4.92. The lowest BCUT2D eigenvalue weighted by Gasteiger charge is -2.43. The van der Waals surface area contributed by atoms with Crippen molar-refractivity contribution in [3.05, 3.63) is 0 Å². The second-order valence-corrected chi connectivity index (χ2v) is 6.38. The Kier molecular flexibility index (Phi) is 3.89. The second kappa shape index (κ2) is 5.45. The molecule has 0 aromatic heterocycles. The molecule has 4 heteroatoms. The summed E-state index contributed by atoms with van der Waals surface area (Å²) >= 11 is 0. The standard InChI is InChI=1S/C14H27N3O/c1-11-7-16-5-2-3-13(16)8-17(11)9-14(15)12-4-6-18-10-12/h11-14H,2-10,15H2,1H3. The molecule has 0 radical (unpaired) electrons. The predicted molar refractivity (Wildman–Crippen MR) is 72.5 cm³/mol. The molecule has 3 fully saturated rings. The zero-order chi connectivity index (χ0) is 12.5. The van der Waals surface area contributed by atoms with Crippen molar-refractivity contribution in [2.24, 2.45) is 11.7 Å². The van der Waals surface area contributed by atoms with Crippen molar-refractivity contribution in [2.45, 2.75) is 44.3 Å². The molecule has 0 bridgehead atoms. The van der Waals surface area contributed by atoms with Gasteiger partial charge in [-0.25, -0.2) is 0 Å². The molecule has 0 aromatic carbocycles. The number of nitrogens with zero attached hydrogens (tertiary/aromatic N) is 2. The Morgan fingerprint density at radius 2 is 2.22 bits per heavy atom. The number of piperazine rings is 1. The zero-order valence-electron chi connectivity index (χ0n) is 11.6. The molecule has 0 aromatic rings. The third-order valence-corrected chi connectivity index (χ3v) is 5.08. The Morgan fingerprint density at radius 1 is 1.33 bits per heavy atom. The van der Waals surface area contributed by atoms with Crippen molar-refractivity contribution < 1.29 is 4.74 Å². The topological polar surface area (TPSA) is 41.7 Å². The van der Waals surface area contributed by atoms with Crippen LogP contribution in [0.4, 0.5) is 0 Å². The largest absolute Gasteiger partial charge is 0.381 e. The third kappa shape index (κ3) is 2.57. The summed E-state index contributed by atoms with van der Waals surface area (Å²) in [5, 5.41) is 0. The Balaban J connectivity index is 1.54. The van der Waals surface area contributed by atoms with Crippen LogP contribution >= 0.6 is 0 Å². The van der Waals surface area contributed by atoms with Crippen molar-refractivity contribution in [3.8, 4) is 0 Å². The predicted octanol–water partition coefficient (Wildman–Crippen LogP) is 0.519. The van der Waals surface area contributed by atoms with Crippen LogP contribution in [-0.2, 0) is 4.74 Å². The van der Waals surface area contributed by atoms with E-state index >= 15 is 0 Å². The molecule has 4 atom stereocenters. The maximum Gasteiger partial charge on any atom is 0.0510 e. The zero-order valence-corrected chi connectivity index (χ0v) is 11.6. The lowest BCUT2D eigenvalue weighted by molar-refractivity contribution is 0.0499. The lowest BCUT2D eigenvalue weighted by Crippen LogP contribution is -2.58. The molecule has 104 valence electrons. The minimum atomic E-state index is 0.294. The normalized spacial score (nSPS) is 40.0. The summed E-state index contributed by atoms with van der Waals surface area (Å²) in [5.74, 6) is 0.582. The first-order chi connectivity index (χ1) is 8.74. The molecule has 18 heavy (non-hydrogen) atoms. The molecule has 3 saturated heterocycles. The van der Waals surface area contributed by atoms with Crippen molar-refractivity contribution in [2.75, 3.05) is 39.4 Å². The van der Waals surface area contributed by atoms with E-state index in [0.29, 0.717) is 18.0 Å². The van der Waals surface area contributed by atoms with Gasteiger partial charge in [-0.05, 0) is 32.7 Å². The molecule has 3 aliphatic rings. The summed E-state index contributed by atoms with van der Waals surface area (Å²) in [6.07, 6.45) is 3.91. The van der Waals surface area contributed by atoms with E-state index in [1.165, 1.54) is 32.5 Å². The average molecular weight is 253 g/mol. The van der Waals surface area contributed by atoms with Gasteiger partial charge in [0, 0.05) is 50.3 Å². The summed E-state index contributed by atoms with van der Waals surface area (Å²) < 4.78 is 5.46. The molecular weight excluding hydrogens is 226 g/mol. The van der Waals surface area contributed by atoms with Gasteiger partial charge in [0.1, 0.15) is 0 Å². The third-order valence-electron chi connectivity index (χ3n) is 5.08. The first-order valence-electron chi connectivity index (χ1n) is 7.55. The van der Waals surface area contributed by atoms with Gasteiger partial charge in [-0.1, -0.05) is 0 Å². The van der Waals surface area contributed by atoms with Gasteiger partial charge in [-0.15, -0.1) is 0 Å². The number of ether oxygens (including phenoxy) is 1. The highest BCUT2D eigenvalue weighted by Crippen LogP contribution is 2.25. The molecule has 4 nitrogen and oxygen atoms in total. The maximum absolute atomic E-state index is 6.37. The fraction of sp³-hybridized carbons (Fsp3) is 1.00. The Bertz CT molecular complexity index is 280. The average Bonchev–Trinajstić information content (AvgIpc) is 2.98. The Labute approximate surface area is 110 Å². The molecule has 2 N–H and O–H groups in total. The van der Waals surface area contributed by atoms with E-state index in [4.69, 9.17) is 10.5 Å². The number of hydrogen-bond donors (Lipinski definition) is 1. The molecular formula is C14H27N3O. The smallest absolute Gasteiger partial charge is 0.0510 e. The van der Waals surface area contributed by atoms with Gasteiger partial charge in [0.2, 0.25) is 0 Å². The van der Waals surface area contributed by atoms with E-state index in [1.54, 1.807) is 0 Å². The van der Waals surface area contributed by atoms with Crippen LogP contribution in [0.25, 0.3) is 0 Å². The van der Waals surface area contributed by atoms with Crippen LogP contribution in [0.15, 0.2) is 0 Å². The van der Waals surface area contributed by atoms with E-state index in [-0.39, 0.29) is 0 Å². The fourth-order valence-electron chi connectivity index (χ4n) is 3.81. The number of rotatable bonds is 3. The van der Waals surface area contributed by atoms with E-state index in [9.17, 15) is 0 Å². The monoisotopic (exact) mass is 253 g/mol. The summed E-state index contributed by atoms with van der Waals surface area (Å²) in [6, 6.07) is 1.75. The molecule has 3 rings (SSSR count). The first kappa shape index (κ1) is 12.9. The minimum Gasteiger partial charge on any atom is -0.381 e. The molecule has 3 aliphatic heterocycles. The van der Waals surface area contributed by atoms with Gasteiger partial charge in [-0.2, -0.15) is 0 Å². The first-order valence-corrected chi connectivity index (χ1v) is 7.55. The number of fused-ring (bicyclic) bond motifs is 1. The van der Waals surface area contributed by atoms with Crippen LogP contribution in [-0.4, -0.2) is 67.3 Å². The quantitative estimate of drug-likeness (QED) is 0.796. The van der Waals surface area contributed by atoms with Gasteiger partial charge in [0.05, 0.1) is 6.61 Å². The molecule has 0 amide bonds. The summed E-state index contributed by atoms with van der Waals surface area (Å²) in [7, 11) is 0. The van der Waals surface area contributed by atoms with E-state index < -0.39 is 0 Å². The lowest BCUT2D eigenvalue weighted by atomic mass is 9.98. The number of hydrogen-bond acceptors (Lipinski definition) is 4. The number of nitrogens with two attached hydrogens (primary N) is 1. The Hall–Kier alpha value is -0.160. The maximum atomic E-state index is 6.37. The van der Waals surface area contributed by atoms with Gasteiger partial charge in [-0.3, -0.25) is 9.80 Å². The summed E-state index contributed by atoms with van der Waals surface area (Å²) in [5.41, 5.74) is 6.37. The molecule has 0 aliphatic carbocycles. The van der Waals surface area contributed by atoms with Crippen LogP contribution in [0.1, 0.15) is 26.2 Å². The van der Waals surface area contributed by atoms with E-state index in [2.05, 4.69) is 16.7 Å². The molecule has 4 unspecified atom stereocenters. The van der Waals surface area contributed by atoms with E-state index in [0.717, 1.165) is 32.2 Å². The van der Waals surface area contributed by atoms with Crippen LogP contribution in [0.3, 0.4) is 0 Å². The molecule has 0 saturated carbocycles. The van der Waals surface area contributed by atoms with Crippen molar-refractivity contribution in [1.82, 2.24) is 9.80 Å². The van der Waals surface area contributed by atoms with Crippen molar-refractivity contribution in [1.29, 1.82) is 0 Å². The van der Waals surface area contributed by atoms with Gasteiger partial charge in [0.25, 0.3) is 0 Å². The fourth-order valence-corrected chi connectivity index (χ4v) is 3.81. The SMILES string of the molecule is CC1CN2CCCC2CN1CC(N)C1CCOC1. The highest BCUT2D eigenvalue weighted by Gasteiger charge is 2.35. The molecule has 3 heterocycles. The summed E-state index contributed by atoms with van der Waals surface area (Å²) in [4.78, 5) is 5.29. The summed E-state index contributed by atoms with van der Waals surface area (Å²) in [6.45, 7) is 8.96. The van der Waals surface area contributed by atoms with Gasteiger partial charge in [0.15, 0.2) is 0 Å². The van der Waals surface area contributed by atoms with Crippen LogP contribution < -0.4 is 5.73 Å². The van der Waals surface area contributed by atoms with Gasteiger partial charge >= 0.3 is 0 Å². The van der Waals surface area contributed by atoms with Crippen LogP contribution in [0.5, 0.6) is 0 Å².